The van der Waals surface area contributed by atoms with Crippen LogP contribution in [-0.4, -0.2) is 38.8 Å². The Balaban J connectivity index is 1.34. The fourth-order valence-corrected chi connectivity index (χ4v) is 3.91. The molecule has 1 unspecified atom stereocenters. The molecule has 0 saturated carbocycles. The number of carbonyl (C=O) groups excluding carboxylic acids is 2. The zero-order valence-corrected chi connectivity index (χ0v) is 17.4. The van der Waals surface area contributed by atoms with E-state index in [1.807, 2.05) is 60.5 Å². The molecule has 0 spiro atoms. The lowest BCUT2D eigenvalue weighted by Gasteiger charge is -2.36. The van der Waals surface area contributed by atoms with Gasteiger partial charge in [0.2, 0.25) is 5.91 Å². The summed E-state index contributed by atoms with van der Waals surface area (Å²) in [6, 6.07) is 18.5. The molecular formula is C23H21N7O2. The highest BCUT2D eigenvalue weighted by Crippen LogP contribution is 2.33. The van der Waals surface area contributed by atoms with Gasteiger partial charge in [-0.25, -0.2) is 9.67 Å². The maximum absolute atomic E-state index is 12.7. The van der Waals surface area contributed by atoms with Crippen LogP contribution in [0.4, 0.5) is 11.5 Å². The molecule has 160 valence electrons. The minimum atomic E-state index is -0.458. The van der Waals surface area contributed by atoms with Crippen molar-refractivity contribution in [2.24, 2.45) is 0 Å². The van der Waals surface area contributed by atoms with E-state index in [0.717, 1.165) is 16.6 Å². The number of pyridine rings is 1. The monoisotopic (exact) mass is 427 g/mol. The Labute approximate surface area is 184 Å². The van der Waals surface area contributed by atoms with E-state index in [9.17, 15) is 9.59 Å². The quantitative estimate of drug-likeness (QED) is 0.507. The van der Waals surface area contributed by atoms with Gasteiger partial charge in [-0.1, -0.05) is 35.5 Å². The van der Waals surface area contributed by atoms with Crippen LogP contribution in [0.1, 0.15) is 28.5 Å². The summed E-state index contributed by atoms with van der Waals surface area (Å²) in [7, 11) is 1.87. The fourth-order valence-electron chi connectivity index (χ4n) is 3.91. The SMILES string of the molecule is CN1c2ncccc2C(=O)NC1c1ccccc1NC(=O)CCn1nnc2ccccc21. The number of benzene rings is 2. The van der Waals surface area contributed by atoms with Crippen LogP contribution in [0.2, 0.25) is 0 Å². The first kappa shape index (κ1) is 19.7. The number of hydrogen-bond acceptors (Lipinski definition) is 6. The average Bonchev–Trinajstić information content (AvgIpc) is 3.24. The van der Waals surface area contributed by atoms with E-state index in [1.54, 1.807) is 23.0 Å². The Kier molecular flexibility index (Phi) is 4.98. The van der Waals surface area contributed by atoms with Crippen molar-refractivity contribution < 1.29 is 9.59 Å². The molecular weight excluding hydrogens is 406 g/mol. The number of amides is 2. The number of nitrogens with one attached hydrogen (secondary N) is 2. The molecule has 1 aliphatic heterocycles. The van der Waals surface area contributed by atoms with E-state index >= 15 is 0 Å². The number of aryl methyl sites for hydroxylation is 1. The topological polar surface area (TPSA) is 105 Å². The van der Waals surface area contributed by atoms with E-state index in [4.69, 9.17) is 0 Å². The van der Waals surface area contributed by atoms with Gasteiger partial charge in [-0.15, -0.1) is 5.10 Å². The highest BCUT2D eigenvalue weighted by molar-refractivity contribution is 6.01. The lowest BCUT2D eigenvalue weighted by Crippen LogP contribution is -2.45. The van der Waals surface area contributed by atoms with E-state index in [-0.39, 0.29) is 18.2 Å². The van der Waals surface area contributed by atoms with Gasteiger partial charge in [-0.3, -0.25) is 9.59 Å². The zero-order valence-electron chi connectivity index (χ0n) is 17.4. The van der Waals surface area contributed by atoms with Gasteiger partial charge in [0.05, 0.1) is 17.6 Å². The van der Waals surface area contributed by atoms with Crippen molar-refractivity contribution in [1.82, 2.24) is 25.3 Å². The van der Waals surface area contributed by atoms with Crippen LogP contribution in [0.5, 0.6) is 0 Å². The molecule has 0 aliphatic carbocycles. The Hall–Kier alpha value is -4.27. The van der Waals surface area contributed by atoms with Crippen molar-refractivity contribution in [3.8, 4) is 0 Å². The van der Waals surface area contributed by atoms with Crippen LogP contribution >= 0.6 is 0 Å². The van der Waals surface area contributed by atoms with E-state index < -0.39 is 6.17 Å². The van der Waals surface area contributed by atoms with Crippen LogP contribution in [0.3, 0.4) is 0 Å². The summed E-state index contributed by atoms with van der Waals surface area (Å²) in [5.74, 6) is 0.246. The maximum Gasteiger partial charge on any atom is 0.256 e. The molecule has 2 aromatic heterocycles. The molecule has 9 heteroatoms. The number of hydrogen-bond donors (Lipinski definition) is 2. The van der Waals surface area contributed by atoms with Crippen molar-refractivity contribution in [1.29, 1.82) is 0 Å². The van der Waals surface area contributed by atoms with Gasteiger partial charge < -0.3 is 15.5 Å². The normalized spacial score (nSPS) is 15.3. The molecule has 3 heterocycles. The lowest BCUT2D eigenvalue weighted by molar-refractivity contribution is -0.116. The van der Waals surface area contributed by atoms with Crippen molar-refractivity contribution >= 4 is 34.4 Å². The van der Waals surface area contributed by atoms with Gasteiger partial charge in [-0.05, 0) is 30.3 Å². The minimum Gasteiger partial charge on any atom is -0.335 e. The number of fused-ring (bicyclic) bond motifs is 2. The molecule has 1 atom stereocenters. The fraction of sp³-hybridized carbons (Fsp3) is 0.174. The number of aromatic nitrogens is 4. The van der Waals surface area contributed by atoms with Gasteiger partial charge >= 0.3 is 0 Å². The van der Waals surface area contributed by atoms with Gasteiger partial charge in [0, 0.05) is 30.9 Å². The Bertz CT molecular complexity index is 1320. The standard InChI is InChI=1S/C23H21N7O2/c1-29-21-16(8-6-13-24-21)23(32)26-22(29)15-7-2-3-9-17(15)25-20(31)12-14-30-19-11-5-4-10-18(19)27-28-30/h2-11,13,22H,12,14H2,1H3,(H,25,31)(H,26,32). The summed E-state index contributed by atoms with van der Waals surface area (Å²) in [5.41, 5.74) is 3.62. The first-order valence-electron chi connectivity index (χ1n) is 10.3. The molecule has 2 N–H and O–H groups in total. The van der Waals surface area contributed by atoms with Crippen molar-refractivity contribution in [3.05, 3.63) is 78.0 Å². The first-order valence-corrected chi connectivity index (χ1v) is 10.3. The molecule has 2 amide bonds. The van der Waals surface area contributed by atoms with E-state index in [2.05, 4.69) is 25.9 Å². The third-order valence-electron chi connectivity index (χ3n) is 5.52. The first-order chi connectivity index (χ1) is 15.6. The Morgan fingerprint density at radius 2 is 1.91 bits per heavy atom. The number of para-hydroxylation sites is 2. The molecule has 32 heavy (non-hydrogen) atoms. The molecule has 0 radical (unpaired) electrons. The second-order valence-corrected chi connectivity index (χ2v) is 7.55. The minimum absolute atomic E-state index is 0.152. The van der Waals surface area contributed by atoms with Gasteiger partial charge in [0.15, 0.2) is 0 Å². The van der Waals surface area contributed by atoms with E-state index in [1.165, 1.54) is 0 Å². The molecule has 0 bridgehead atoms. The lowest BCUT2D eigenvalue weighted by atomic mass is 10.0. The molecule has 0 saturated heterocycles. The number of nitrogens with zero attached hydrogens (tertiary/aromatic N) is 5. The molecule has 1 aliphatic rings. The Morgan fingerprint density at radius 3 is 2.81 bits per heavy atom. The summed E-state index contributed by atoms with van der Waals surface area (Å²) < 4.78 is 1.72. The number of anilines is 2. The largest absolute Gasteiger partial charge is 0.335 e. The van der Waals surface area contributed by atoms with Crippen LogP contribution in [0.15, 0.2) is 66.9 Å². The average molecular weight is 427 g/mol. The summed E-state index contributed by atoms with van der Waals surface area (Å²) in [6.45, 7) is 0.409. The van der Waals surface area contributed by atoms with Gasteiger partial charge in [-0.2, -0.15) is 0 Å². The smallest absolute Gasteiger partial charge is 0.256 e. The molecule has 5 rings (SSSR count). The highest BCUT2D eigenvalue weighted by atomic mass is 16.2. The zero-order chi connectivity index (χ0) is 22.1. The van der Waals surface area contributed by atoms with Crippen molar-refractivity contribution in [3.63, 3.8) is 0 Å². The van der Waals surface area contributed by atoms with E-state index in [0.29, 0.717) is 23.6 Å². The second kappa shape index (κ2) is 8.10. The van der Waals surface area contributed by atoms with Gasteiger partial charge in [0.1, 0.15) is 17.5 Å². The molecule has 2 aromatic carbocycles. The third kappa shape index (κ3) is 3.53. The molecule has 4 aromatic rings. The highest BCUT2D eigenvalue weighted by Gasteiger charge is 2.31. The van der Waals surface area contributed by atoms with Crippen LogP contribution in [0.25, 0.3) is 11.0 Å². The van der Waals surface area contributed by atoms with Crippen LogP contribution < -0.4 is 15.5 Å². The number of rotatable bonds is 5. The maximum atomic E-state index is 12.7. The number of carbonyl (C=O) groups is 2. The predicted molar refractivity (Wildman–Crippen MR) is 120 cm³/mol. The molecule has 0 fully saturated rings. The van der Waals surface area contributed by atoms with Crippen LogP contribution in [-0.2, 0) is 11.3 Å². The molecule has 9 nitrogen and oxygen atoms in total. The second-order valence-electron chi connectivity index (χ2n) is 7.55. The summed E-state index contributed by atoms with van der Waals surface area (Å²) in [6.07, 6.45) is 1.44. The van der Waals surface area contributed by atoms with Crippen molar-refractivity contribution in [2.45, 2.75) is 19.1 Å². The third-order valence-corrected chi connectivity index (χ3v) is 5.52. The van der Waals surface area contributed by atoms with Crippen LogP contribution in [0, 0.1) is 0 Å². The summed E-state index contributed by atoms with van der Waals surface area (Å²) in [5, 5.41) is 14.2. The Morgan fingerprint density at radius 1 is 1.09 bits per heavy atom. The predicted octanol–water partition coefficient (Wildman–Crippen LogP) is 2.73. The summed E-state index contributed by atoms with van der Waals surface area (Å²) in [4.78, 5) is 31.6. The summed E-state index contributed by atoms with van der Waals surface area (Å²) >= 11 is 0. The van der Waals surface area contributed by atoms with Crippen molar-refractivity contribution in [2.75, 3.05) is 17.3 Å². The van der Waals surface area contributed by atoms with Gasteiger partial charge in [0.25, 0.3) is 5.91 Å².